The maximum atomic E-state index is 12.1. The van der Waals surface area contributed by atoms with Gasteiger partial charge in [0.2, 0.25) is 0 Å². The number of ether oxygens (including phenoxy) is 1. The van der Waals surface area contributed by atoms with Crippen LogP contribution in [-0.4, -0.2) is 5.97 Å². The number of para-hydroxylation sites is 1. The van der Waals surface area contributed by atoms with Crippen molar-refractivity contribution in [1.29, 1.82) is 0 Å². The summed E-state index contributed by atoms with van der Waals surface area (Å²) in [5.41, 5.74) is 3.56. The third-order valence-electron chi connectivity index (χ3n) is 5.12. The van der Waals surface area contributed by atoms with Crippen molar-refractivity contribution in [2.24, 2.45) is 11.8 Å². The molecule has 26 heavy (non-hydrogen) atoms. The quantitative estimate of drug-likeness (QED) is 0.318. The van der Waals surface area contributed by atoms with Gasteiger partial charge in [0, 0.05) is 0 Å². The average Bonchev–Trinajstić information content (AvgIpc) is 3.35. The molecular formula is C24H24O2. The molecule has 0 aromatic heterocycles. The largest absolute Gasteiger partial charge is 0.425 e. The Morgan fingerprint density at radius 2 is 1.77 bits per heavy atom. The van der Waals surface area contributed by atoms with Crippen LogP contribution in [0.4, 0.5) is 0 Å². The van der Waals surface area contributed by atoms with Gasteiger partial charge in [0.1, 0.15) is 5.75 Å². The van der Waals surface area contributed by atoms with Crippen molar-refractivity contribution in [3.8, 4) is 18.1 Å². The summed E-state index contributed by atoms with van der Waals surface area (Å²) in [5, 5.41) is 0. The summed E-state index contributed by atoms with van der Waals surface area (Å²) in [5.74, 6) is 3.39. The summed E-state index contributed by atoms with van der Waals surface area (Å²) in [6, 6.07) is 7.17. The molecule has 3 aliphatic carbocycles. The number of esters is 1. The Balaban J connectivity index is 0.000000229. The molecule has 132 valence electrons. The summed E-state index contributed by atoms with van der Waals surface area (Å²) in [7, 11) is 0. The lowest BCUT2D eigenvalue weighted by Crippen LogP contribution is -2.25. The Labute approximate surface area is 156 Å². The van der Waals surface area contributed by atoms with Crippen molar-refractivity contribution in [3.05, 3.63) is 77.9 Å². The van der Waals surface area contributed by atoms with E-state index in [1.165, 1.54) is 17.6 Å². The minimum absolute atomic E-state index is 0.0120. The Kier molecular flexibility index (Phi) is 5.92. The van der Waals surface area contributed by atoms with E-state index in [4.69, 9.17) is 11.2 Å². The number of carbonyl (C=O) groups excluding carboxylic acids is 1. The van der Waals surface area contributed by atoms with Crippen LogP contribution in [0, 0.1) is 24.2 Å². The highest BCUT2D eigenvalue weighted by Gasteiger charge is 2.26. The fourth-order valence-corrected chi connectivity index (χ4v) is 3.47. The third kappa shape index (κ3) is 4.43. The molecule has 0 heterocycles. The normalized spacial score (nSPS) is 22.4. The van der Waals surface area contributed by atoms with Crippen molar-refractivity contribution >= 4 is 5.97 Å². The van der Waals surface area contributed by atoms with Crippen LogP contribution in [0.3, 0.4) is 0 Å². The summed E-state index contributed by atoms with van der Waals surface area (Å²) < 4.78 is 5.44. The molecule has 1 saturated carbocycles. The van der Waals surface area contributed by atoms with Crippen LogP contribution in [0.1, 0.15) is 37.7 Å². The second kappa shape index (κ2) is 8.54. The number of terminal acetylenes is 1. The predicted molar refractivity (Wildman–Crippen MR) is 106 cm³/mol. The summed E-state index contributed by atoms with van der Waals surface area (Å²) in [6.45, 7) is 3.81. The van der Waals surface area contributed by atoms with Crippen LogP contribution in [0.25, 0.3) is 0 Å². The van der Waals surface area contributed by atoms with E-state index in [1.54, 1.807) is 12.1 Å². The molecule has 0 aliphatic heterocycles. The van der Waals surface area contributed by atoms with Crippen molar-refractivity contribution < 1.29 is 9.53 Å². The Hall–Kier alpha value is -2.79. The van der Waals surface area contributed by atoms with Gasteiger partial charge in [-0.1, -0.05) is 48.4 Å². The van der Waals surface area contributed by atoms with Gasteiger partial charge in [0.15, 0.2) is 0 Å². The predicted octanol–water partition coefficient (Wildman–Crippen LogP) is 5.38. The molecule has 0 N–H and O–H groups in total. The first-order valence-electron chi connectivity index (χ1n) is 9.17. The number of fused-ring (bicyclic) bond motifs is 2. The van der Waals surface area contributed by atoms with Crippen LogP contribution in [0.5, 0.6) is 5.75 Å². The number of allylic oxidation sites excluding steroid dienone is 7. The van der Waals surface area contributed by atoms with Gasteiger partial charge in [0.05, 0.1) is 11.5 Å². The number of carbonyl (C=O) groups is 1. The fraction of sp³-hybridized carbons (Fsp3) is 0.292. The number of benzene rings is 1. The van der Waals surface area contributed by atoms with Gasteiger partial charge < -0.3 is 4.74 Å². The molecule has 0 radical (unpaired) electrons. The zero-order valence-electron chi connectivity index (χ0n) is 15.0. The molecule has 0 unspecified atom stereocenters. The monoisotopic (exact) mass is 344 g/mol. The van der Waals surface area contributed by atoms with E-state index in [1.807, 2.05) is 18.2 Å². The zero-order chi connectivity index (χ0) is 18.4. The Bertz CT molecular complexity index is 789. The maximum Gasteiger partial charge on any atom is 0.314 e. The molecule has 1 aromatic carbocycles. The highest BCUT2D eigenvalue weighted by Crippen LogP contribution is 2.31. The topological polar surface area (TPSA) is 26.3 Å². The van der Waals surface area contributed by atoms with Crippen molar-refractivity contribution in [2.45, 2.75) is 32.1 Å². The molecule has 3 aliphatic rings. The maximum absolute atomic E-state index is 12.1. The molecule has 0 spiro atoms. The lowest BCUT2D eigenvalue weighted by atomic mass is 9.82. The highest BCUT2D eigenvalue weighted by molar-refractivity contribution is 5.76. The van der Waals surface area contributed by atoms with Crippen LogP contribution in [0.15, 0.2) is 72.4 Å². The van der Waals surface area contributed by atoms with Gasteiger partial charge in [-0.05, 0) is 61.3 Å². The van der Waals surface area contributed by atoms with Crippen LogP contribution in [-0.2, 0) is 4.79 Å². The number of rotatable bonds is 3. The van der Waals surface area contributed by atoms with E-state index in [0.717, 1.165) is 25.7 Å². The lowest BCUT2D eigenvalue weighted by molar-refractivity contribution is -0.140. The smallest absolute Gasteiger partial charge is 0.314 e. The van der Waals surface area contributed by atoms with Crippen molar-refractivity contribution in [3.63, 3.8) is 0 Å². The number of hydrogen-bond acceptors (Lipinski definition) is 2. The first kappa shape index (κ1) is 18.0. The Morgan fingerprint density at radius 1 is 1.12 bits per heavy atom. The lowest BCUT2D eigenvalue weighted by Gasteiger charge is -2.25. The molecule has 0 saturated heterocycles. The second-order valence-corrected chi connectivity index (χ2v) is 6.90. The molecule has 2 bridgehead atoms. The minimum Gasteiger partial charge on any atom is -0.425 e. The van der Waals surface area contributed by atoms with E-state index in [-0.39, 0.29) is 11.9 Å². The Morgan fingerprint density at radius 3 is 2.27 bits per heavy atom. The van der Waals surface area contributed by atoms with Gasteiger partial charge in [-0.25, -0.2) is 0 Å². The van der Waals surface area contributed by atoms with Crippen LogP contribution in [0.2, 0.25) is 0 Å². The standard InChI is InChI=1S/C17H18O2.C7H6/c1-3-13-9-11-15(12-10-13)17(18)19-16-8-6-5-7-14(16)4-2;1-2-7-4-3-6(1)5-7/h2-3,5-8,13,15H,1,9-12H2;1-4H,5H2. The third-order valence-corrected chi connectivity index (χ3v) is 5.12. The van der Waals surface area contributed by atoms with Crippen LogP contribution < -0.4 is 4.74 Å². The van der Waals surface area contributed by atoms with E-state index in [9.17, 15) is 4.79 Å². The molecule has 2 nitrogen and oxygen atoms in total. The van der Waals surface area contributed by atoms with Crippen molar-refractivity contribution in [2.75, 3.05) is 0 Å². The van der Waals surface area contributed by atoms with Crippen molar-refractivity contribution in [1.82, 2.24) is 0 Å². The van der Waals surface area contributed by atoms with Gasteiger partial charge in [-0.2, -0.15) is 0 Å². The average molecular weight is 344 g/mol. The van der Waals surface area contributed by atoms with Gasteiger partial charge in [0.25, 0.3) is 0 Å². The summed E-state index contributed by atoms with van der Waals surface area (Å²) >= 11 is 0. The van der Waals surface area contributed by atoms with Crippen LogP contribution >= 0.6 is 0 Å². The van der Waals surface area contributed by atoms with Gasteiger partial charge in [-0.3, -0.25) is 4.79 Å². The van der Waals surface area contributed by atoms with Gasteiger partial charge >= 0.3 is 5.97 Å². The fourth-order valence-electron chi connectivity index (χ4n) is 3.47. The molecule has 1 aromatic rings. The molecule has 0 amide bonds. The van der Waals surface area contributed by atoms with E-state index in [0.29, 0.717) is 17.2 Å². The van der Waals surface area contributed by atoms with E-state index >= 15 is 0 Å². The first-order valence-corrected chi connectivity index (χ1v) is 9.17. The number of hydrogen-bond donors (Lipinski definition) is 0. The summed E-state index contributed by atoms with van der Waals surface area (Å²) in [6.07, 6.45) is 21.0. The molecule has 1 fully saturated rings. The zero-order valence-corrected chi connectivity index (χ0v) is 15.0. The second-order valence-electron chi connectivity index (χ2n) is 6.90. The van der Waals surface area contributed by atoms with E-state index in [2.05, 4.69) is 36.8 Å². The molecule has 4 rings (SSSR count). The highest BCUT2D eigenvalue weighted by atomic mass is 16.5. The summed E-state index contributed by atoms with van der Waals surface area (Å²) in [4.78, 5) is 12.1. The SMILES string of the molecule is C#Cc1ccccc1OC(=O)C1CCC(C=C)CC1.C1=CC2=CC=C1C2. The first-order chi connectivity index (χ1) is 12.7. The van der Waals surface area contributed by atoms with Gasteiger partial charge in [-0.15, -0.1) is 13.0 Å². The minimum atomic E-state index is -0.162. The molecular weight excluding hydrogens is 320 g/mol. The molecule has 2 heteroatoms. The van der Waals surface area contributed by atoms with E-state index < -0.39 is 0 Å². The molecule has 0 atom stereocenters.